The summed E-state index contributed by atoms with van der Waals surface area (Å²) in [4.78, 5) is 0. The lowest BCUT2D eigenvalue weighted by Crippen LogP contribution is -1.92. The SMILES string of the molecule is COc1ccc(Oc2ccc(-c3ccc(C)cc3)cc2)c(C)c1.COc1ccc(Oc2ccc(-c3ccc(C)cc3)cc2)c(OC)c1. The summed E-state index contributed by atoms with van der Waals surface area (Å²) in [6.45, 7) is 6.19. The summed E-state index contributed by atoms with van der Waals surface area (Å²) in [5.74, 6) is 5.29. The van der Waals surface area contributed by atoms with Gasteiger partial charge in [-0.25, -0.2) is 0 Å². The summed E-state index contributed by atoms with van der Waals surface area (Å²) < 4.78 is 27.7. The summed E-state index contributed by atoms with van der Waals surface area (Å²) in [7, 11) is 4.90. The standard InChI is InChI=1S/C21H20O3.C21H20O2/c1-15-4-6-16(7-5-15)17-8-10-18(11-9-17)24-20-13-12-19(22-2)14-21(20)23-3;1-15-4-6-17(7-5-15)18-8-10-19(11-9-18)23-21-13-12-20(22-3)14-16(21)2/h4-14H,1-3H3;4-14H,1-3H3. The van der Waals surface area contributed by atoms with Crippen LogP contribution in [0.1, 0.15) is 16.7 Å². The van der Waals surface area contributed by atoms with Gasteiger partial charge in [-0.3, -0.25) is 0 Å². The van der Waals surface area contributed by atoms with Crippen LogP contribution in [0.25, 0.3) is 22.3 Å². The number of hydrogen-bond donors (Lipinski definition) is 0. The van der Waals surface area contributed by atoms with Gasteiger partial charge in [-0.2, -0.15) is 0 Å². The predicted octanol–water partition coefficient (Wildman–Crippen LogP) is 11.2. The topological polar surface area (TPSA) is 46.2 Å². The predicted molar refractivity (Wildman–Crippen MR) is 191 cm³/mol. The van der Waals surface area contributed by atoms with Crippen molar-refractivity contribution in [2.24, 2.45) is 0 Å². The van der Waals surface area contributed by atoms with E-state index in [0.29, 0.717) is 11.5 Å². The van der Waals surface area contributed by atoms with E-state index in [4.69, 9.17) is 23.7 Å². The molecule has 0 aliphatic carbocycles. The van der Waals surface area contributed by atoms with Crippen molar-refractivity contribution in [3.8, 4) is 62.5 Å². The lowest BCUT2D eigenvalue weighted by atomic mass is 10.0. The summed E-state index contributed by atoms with van der Waals surface area (Å²) in [5.41, 5.74) is 8.31. The molecule has 0 saturated carbocycles. The molecule has 0 aliphatic heterocycles. The third-order valence-corrected chi connectivity index (χ3v) is 7.69. The van der Waals surface area contributed by atoms with Gasteiger partial charge in [0.05, 0.1) is 21.3 Å². The number of rotatable bonds is 9. The summed E-state index contributed by atoms with van der Waals surface area (Å²) in [6.07, 6.45) is 0. The van der Waals surface area contributed by atoms with Gasteiger partial charge >= 0.3 is 0 Å². The zero-order valence-electron chi connectivity index (χ0n) is 27.7. The zero-order valence-corrected chi connectivity index (χ0v) is 27.7. The average molecular weight is 625 g/mol. The molecule has 0 aromatic heterocycles. The molecule has 0 N–H and O–H groups in total. The fourth-order valence-corrected chi connectivity index (χ4v) is 4.90. The van der Waals surface area contributed by atoms with E-state index >= 15 is 0 Å². The maximum absolute atomic E-state index is 5.96. The molecule has 0 spiro atoms. The van der Waals surface area contributed by atoms with Gasteiger partial charge in [0, 0.05) is 6.07 Å². The van der Waals surface area contributed by atoms with E-state index in [-0.39, 0.29) is 0 Å². The number of aryl methyl sites for hydroxylation is 3. The van der Waals surface area contributed by atoms with Crippen molar-refractivity contribution in [1.82, 2.24) is 0 Å². The van der Waals surface area contributed by atoms with Gasteiger partial charge < -0.3 is 23.7 Å². The Kier molecular flexibility index (Phi) is 10.8. The van der Waals surface area contributed by atoms with Gasteiger partial charge in [-0.1, -0.05) is 83.9 Å². The number of benzene rings is 6. The first-order valence-corrected chi connectivity index (χ1v) is 15.4. The van der Waals surface area contributed by atoms with Crippen LogP contribution >= 0.6 is 0 Å². The second kappa shape index (κ2) is 15.5. The molecule has 0 radical (unpaired) electrons. The van der Waals surface area contributed by atoms with Crippen LogP contribution in [0.5, 0.6) is 40.2 Å². The van der Waals surface area contributed by atoms with E-state index in [1.807, 2.05) is 61.5 Å². The summed E-state index contributed by atoms with van der Waals surface area (Å²) >= 11 is 0. The first-order chi connectivity index (χ1) is 22.8. The minimum absolute atomic E-state index is 0.636. The smallest absolute Gasteiger partial charge is 0.169 e. The fourth-order valence-electron chi connectivity index (χ4n) is 4.90. The molecule has 6 aromatic rings. The molecule has 0 atom stereocenters. The van der Waals surface area contributed by atoms with Crippen molar-refractivity contribution < 1.29 is 23.7 Å². The number of methoxy groups -OCH3 is 3. The van der Waals surface area contributed by atoms with Gasteiger partial charge in [0.15, 0.2) is 11.5 Å². The van der Waals surface area contributed by atoms with Crippen LogP contribution in [0.4, 0.5) is 0 Å². The van der Waals surface area contributed by atoms with Gasteiger partial charge in [0.2, 0.25) is 0 Å². The van der Waals surface area contributed by atoms with Gasteiger partial charge in [-0.05, 0) is 103 Å². The second-order valence-electron chi connectivity index (χ2n) is 11.1. The Balaban J connectivity index is 0.000000185. The Morgan fingerprint density at radius 1 is 0.319 bits per heavy atom. The van der Waals surface area contributed by atoms with Crippen molar-refractivity contribution in [1.29, 1.82) is 0 Å². The quantitative estimate of drug-likeness (QED) is 0.160. The Bertz CT molecular complexity index is 1880. The largest absolute Gasteiger partial charge is 0.497 e. The van der Waals surface area contributed by atoms with Crippen molar-refractivity contribution in [2.75, 3.05) is 21.3 Å². The monoisotopic (exact) mass is 624 g/mol. The Labute approximate surface area is 277 Å². The van der Waals surface area contributed by atoms with Crippen LogP contribution in [-0.2, 0) is 0 Å². The van der Waals surface area contributed by atoms with Crippen LogP contribution in [-0.4, -0.2) is 21.3 Å². The second-order valence-corrected chi connectivity index (χ2v) is 11.1. The van der Waals surface area contributed by atoms with Gasteiger partial charge in [-0.15, -0.1) is 0 Å². The van der Waals surface area contributed by atoms with Crippen molar-refractivity contribution in [3.63, 3.8) is 0 Å². The molecule has 0 amide bonds. The molecule has 0 bridgehead atoms. The molecule has 0 saturated heterocycles. The molecule has 0 aliphatic rings. The minimum atomic E-state index is 0.636. The maximum Gasteiger partial charge on any atom is 0.169 e. The molecule has 6 rings (SSSR count). The highest BCUT2D eigenvalue weighted by Gasteiger charge is 2.08. The molecule has 238 valence electrons. The zero-order chi connectivity index (χ0) is 33.2. The molecule has 5 nitrogen and oxygen atoms in total. The van der Waals surface area contributed by atoms with Crippen LogP contribution in [0.2, 0.25) is 0 Å². The lowest BCUT2D eigenvalue weighted by Gasteiger charge is -2.12. The first kappa shape index (κ1) is 32.7. The molecule has 47 heavy (non-hydrogen) atoms. The highest BCUT2D eigenvalue weighted by Crippen LogP contribution is 2.35. The number of hydrogen-bond acceptors (Lipinski definition) is 5. The van der Waals surface area contributed by atoms with E-state index in [2.05, 4.69) is 86.6 Å². The van der Waals surface area contributed by atoms with E-state index in [1.165, 1.54) is 27.8 Å². The third-order valence-electron chi connectivity index (χ3n) is 7.69. The van der Waals surface area contributed by atoms with Gasteiger partial charge in [0.1, 0.15) is 28.7 Å². The van der Waals surface area contributed by atoms with Crippen LogP contribution in [0.3, 0.4) is 0 Å². The van der Waals surface area contributed by atoms with Crippen molar-refractivity contribution in [2.45, 2.75) is 20.8 Å². The molecule has 0 heterocycles. The molecular weight excluding hydrogens is 584 g/mol. The van der Waals surface area contributed by atoms with Crippen LogP contribution in [0, 0.1) is 20.8 Å². The lowest BCUT2D eigenvalue weighted by molar-refractivity contribution is 0.369. The highest BCUT2D eigenvalue weighted by molar-refractivity contribution is 5.65. The molecule has 5 heteroatoms. The highest BCUT2D eigenvalue weighted by atomic mass is 16.5. The number of ether oxygens (including phenoxy) is 5. The summed E-state index contributed by atoms with van der Waals surface area (Å²) in [5, 5.41) is 0. The maximum atomic E-state index is 5.96. The molecular formula is C42H40O5. The fraction of sp³-hybridized carbons (Fsp3) is 0.143. The third kappa shape index (κ3) is 8.74. The van der Waals surface area contributed by atoms with Gasteiger partial charge in [0.25, 0.3) is 0 Å². The van der Waals surface area contributed by atoms with Crippen molar-refractivity contribution >= 4 is 0 Å². The van der Waals surface area contributed by atoms with E-state index in [1.54, 1.807) is 27.4 Å². The van der Waals surface area contributed by atoms with Crippen LogP contribution < -0.4 is 23.7 Å². The van der Waals surface area contributed by atoms with E-state index < -0.39 is 0 Å². The Morgan fingerprint density at radius 3 is 1.09 bits per heavy atom. The summed E-state index contributed by atoms with van der Waals surface area (Å²) in [6, 6.07) is 44.5. The van der Waals surface area contributed by atoms with E-state index in [0.717, 1.165) is 39.9 Å². The minimum Gasteiger partial charge on any atom is -0.497 e. The van der Waals surface area contributed by atoms with Crippen LogP contribution in [0.15, 0.2) is 133 Å². The first-order valence-electron chi connectivity index (χ1n) is 15.4. The van der Waals surface area contributed by atoms with E-state index in [9.17, 15) is 0 Å². The molecule has 0 fully saturated rings. The Morgan fingerprint density at radius 2 is 0.681 bits per heavy atom. The Hall–Kier alpha value is -5.68. The van der Waals surface area contributed by atoms with Crippen molar-refractivity contribution in [3.05, 3.63) is 150 Å². The molecule has 6 aromatic carbocycles. The average Bonchev–Trinajstić information content (AvgIpc) is 3.11. The molecule has 0 unspecified atom stereocenters. The normalized spacial score (nSPS) is 10.3.